The van der Waals surface area contributed by atoms with E-state index in [2.05, 4.69) is 26.0 Å². The molecule has 2 nitrogen and oxygen atoms in total. The van der Waals surface area contributed by atoms with Crippen LogP contribution in [-0.4, -0.2) is 0 Å². The highest BCUT2D eigenvalue weighted by Crippen LogP contribution is 2.38. The van der Waals surface area contributed by atoms with Gasteiger partial charge < -0.3 is 11.5 Å². The van der Waals surface area contributed by atoms with E-state index < -0.39 is 0 Å². The Kier molecular flexibility index (Phi) is 4.10. The van der Waals surface area contributed by atoms with Crippen LogP contribution in [-0.2, 0) is 6.42 Å². The topological polar surface area (TPSA) is 52.0 Å². The van der Waals surface area contributed by atoms with Crippen LogP contribution in [0.1, 0.15) is 37.8 Å². The zero-order valence-corrected chi connectivity index (χ0v) is 11.7. The molecule has 0 spiro atoms. The van der Waals surface area contributed by atoms with Crippen molar-refractivity contribution in [3.8, 4) is 11.1 Å². The molecular weight excluding hydrogens is 232 g/mol. The molecule has 3 rings (SSSR count). The molecule has 0 bridgehead atoms. The highest BCUT2D eigenvalue weighted by Gasteiger charge is 2.17. The Labute approximate surface area is 115 Å². The summed E-state index contributed by atoms with van der Waals surface area (Å²) in [5.41, 5.74) is 18.4. The van der Waals surface area contributed by atoms with Crippen LogP contribution in [0.4, 0.5) is 11.4 Å². The quantitative estimate of drug-likeness (QED) is 0.638. The fourth-order valence-electron chi connectivity index (χ4n) is 2.25. The lowest BCUT2D eigenvalue weighted by Gasteiger charge is -2.01. The van der Waals surface area contributed by atoms with E-state index in [9.17, 15) is 0 Å². The summed E-state index contributed by atoms with van der Waals surface area (Å²) in [7, 11) is 0. The summed E-state index contributed by atoms with van der Waals surface area (Å²) in [4.78, 5) is 0. The maximum atomic E-state index is 5.77. The van der Waals surface area contributed by atoms with Crippen LogP contribution in [0, 0.1) is 0 Å². The van der Waals surface area contributed by atoms with Gasteiger partial charge in [-0.05, 0) is 52.9 Å². The van der Waals surface area contributed by atoms with Crippen molar-refractivity contribution in [3.05, 3.63) is 47.5 Å². The Hall–Kier alpha value is -1.96. The second-order valence-electron chi connectivity index (χ2n) is 5.01. The van der Waals surface area contributed by atoms with Gasteiger partial charge in [-0.2, -0.15) is 0 Å². The normalized spacial score (nSPS) is 11.3. The van der Waals surface area contributed by atoms with Crippen molar-refractivity contribution < 1.29 is 0 Å². The largest absolute Gasteiger partial charge is 0.399 e. The first-order valence-electron chi connectivity index (χ1n) is 6.92. The molecule has 0 fully saturated rings. The van der Waals surface area contributed by atoms with Crippen molar-refractivity contribution >= 4 is 11.4 Å². The van der Waals surface area contributed by atoms with Crippen LogP contribution < -0.4 is 11.5 Å². The van der Waals surface area contributed by atoms with Gasteiger partial charge in [-0.25, -0.2) is 0 Å². The minimum atomic E-state index is 0.828. The van der Waals surface area contributed by atoms with Crippen molar-refractivity contribution in [2.75, 3.05) is 11.5 Å². The molecule has 4 N–H and O–H groups in total. The van der Waals surface area contributed by atoms with Crippen LogP contribution >= 0.6 is 0 Å². The molecule has 1 aliphatic carbocycles. The Morgan fingerprint density at radius 3 is 1.58 bits per heavy atom. The maximum Gasteiger partial charge on any atom is 0.0317 e. The monoisotopic (exact) mass is 254 g/mol. The summed E-state index contributed by atoms with van der Waals surface area (Å²) in [6.45, 7) is 4.36. The molecule has 0 amide bonds. The fraction of sp³-hybridized carbons (Fsp3) is 0.294. The van der Waals surface area contributed by atoms with Crippen molar-refractivity contribution in [2.45, 2.75) is 33.1 Å². The fourth-order valence-corrected chi connectivity index (χ4v) is 2.25. The molecule has 0 unspecified atom stereocenters. The molecule has 0 saturated heterocycles. The van der Waals surface area contributed by atoms with Crippen LogP contribution in [0.5, 0.6) is 0 Å². The van der Waals surface area contributed by atoms with Gasteiger partial charge in [0.05, 0.1) is 0 Å². The summed E-state index contributed by atoms with van der Waals surface area (Å²) < 4.78 is 0. The second kappa shape index (κ2) is 5.79. The van der Waals surface area contributed by atoms with Crippen LogP contribution in [0.2, 0.25) is 0 Å². The molecule has 19 heavy (non-hydrogen) atoms. The van der Waals surface area contributed by atoms with E-state index in [4.69, 9.17) is 11.5 Å². The summed E-state index contributed by atoms with van der Waals surface area (Å²) in [6.07, 6.45) is 3.58. The van der Waals surface area contributed by atoms with Crippen LogP contribution in [0.25, 0.3) is 11.1 Å². The minimum absolute atomic E-state index is 0.828. The van der Waals surface area contributed by atoms with Gasteiger partial charge in [0.2, 0.25) is 0 Å². The lowest BCUT2D eigenvalue weighted by Crippen LogP contribution is -1.87. The lowest BCUT2D eigenvalue weighted by molar-refractivity contribution is 0.886. The molecule has 0 saturated carbocycles. The van der Waals surface area contributed by atoms with Crippen molar-refractivity contribution in [3.63, 3.8) is 0 Å². The first-order valence-corrected chi connectivity index (χ1v) is 6.92. The van der Waals surface area contributed by atoms with Gasteiger partial charge in [-0.15, -0.1) is 0 Å². The molecule has 0 radical (unpaired) electrons. The van der Waals surface area contributed by atoms with E-state index in [0.717, 1.165) is 17.8 Å². The summed E-state index contributed by atoms with van der Waals surface area (Å²) in [6, 6.07) is 12.2. The molecule has 0 aliphatic heterocycles. The van der Waals surface area contributed by atoms with Gasteiger partial charge in [0, 0.05) is 11.4 Å². The average molecular weight is 254 g/mol. The van der Waals surface area contributed by atoms with Gasteiger partial charge in [0.15, 0.2) is 0 Å². The smallest absolute Gasteiger partial charge is 0.0317 e. The molecule has 0 atom stereocenters. The van der Waals surface area contributed by atoms with Crippen LogP contribution in [0.15, 0.2) is 36.4 Å². The number of unbranched alkanes of at least 4 members (excludes halogenated alkanes) is 1. The average Bonchev–Trinajstić information content (AvgIpc) is 2.75. The highest BCUT2D eigenvalue weighted by molar-refractivity contribution is 5.79. The lowest BCUT2D eigenvalue weighted by atomic mass is 10.1. The molecule has 0 heterocycles. The van der Waals surface area contributed by atoms with Crippen molar-refractivity contribution in [1.82, 2.24) is 0 Å². The molecule has 1 aliphatic rings. The first-order chi connectivity index (χ1) is 9.15. The SMILES string of the molecule is CCCC.Nc1ccc2c(c1)Cc1cc(N)ccc1-2. The number of hydrogen-bond acceptors (Lipinski definition) is 2. The molecule has 2 aromatic rings. The maximum absolute atomic E-state index is 5.77. The summed E-state index contributed by atoms with van der Waals surface area (Å²) >= 11 is 0. The first kappa shape index (κ1) is 13.5. The van der Waals surface area contributed by atoms with E-state index >= 15 is 0 Å². The number of fused-ring (bicyclic) bond motifs is 3. The minimum Gasteiger partial charge on any atom is -0.399 e. The van der Waals surface area contributed by atoms with Crippen molar-refractivity contribution in [1.29, 1.82) is 0 Å². The van der Waals surface area contributed by atoms with Gasteiger partial charge >= 0.3 is 0 Å². The number of nitrogens with two attached hydrogens (primary N) is 2. The predicted octanol–water partition coefficient (Wildman–Crippen LogP) is 4.23. The van der Waals surface area contributed by atoms with Crippen LogP contribution in [0.3, 0.4) is 0 Å². The van der Waals surface area contributed by atoms with Gasteiger partial charge in [0.25, 0.3) is 0 Å². The van der Waals surface area contributed by atoms with Crippen molar-refractivity contribution in [2.24, 2.45) is 0 Å². The van der Waals surface area contributed by atoms with E-state index in [0.29, 0.717) is 0 Å². The summed E-state index contributed by atoms with van der Waals surface area (Å²) in [5, 5.41) is 0. The molecule has 100 valence electrons. The van der Waals surface area contributed by atoms with Gasteiger partial charge in [0.1, 0.15) is 0 Å². The van der Waals surface area contributed by atoms with E-state index in [1.54, 1.807) is 0 Å². The predicted molar refractivity (Wildman–Crippen MR) is 84.1 cm³/mol. The number of anilines is 2. The van der Waals surface area contributed by atoms with E-state index in [1.807, 2.05) is 24.3 Å². The second-order valence-corrected chi connectivity index (χ2v) is 5.01. The Bertz CT molecular complexity index is 522. The zero-order chi connectivity index (χ0) is 13.8. The van der Waals surface area contributed by atoms with E-state index in [-0.39, 0.29) is 0 Å². The summed E-state index contributed by atoms with van der Waals surface area (Å²) in [5.74, 6) is 0. The standard InChI is InChI=1S/C13H12N2.C4H10/c14-10-1-3-12-8(6-10)5-9-7-11(15)2-4-13(9)12;1-3-4-2/h1-4,6-7H,5,14-15H2;3-4H2,1-2H3. The Balaban J connectivity index is 0.000000297. The Morgan fingerprint density at radius 1 is 0.789 bits per heavy atom. The number of benzene rings is 2. The van der Waals surface area contributed by atoms with Gasteiger partial charge in [-0.1, -0.05) is 38.8 Å². The third-order valence-corrected chi connectivity index (χ3v) is 3.43. The highest BCUT2D eigenvalue weighted by atomic mass is 14.6. The zero-order valence-electron chi connectivity index (χ0n) is 11.7. The number of nitrogen functional groups attached to an aromatic ring is 2. The number of rotatable bonds is 1. The van der Waals surface area contributed by atoms with E-state index in [1.165, 1.54) is 35.1 Å². The third kappa shape index (κ3) is 2.90. The number of hydrogen-bond donors (Lipinski definition) is 2. The molecule has 2 aromatic carbocycles. The molecule has 2 heteroatoms. The Morgan fingerprint density at radius 2 is 1.21 bits per heavy atom. The molecule has 0 aromatic heterocycles. The molecular formula is C17H22N2. The third-order valence-electron chi connectivity index (χ3n) is 3.43. The van der Waals surface area contributed by atoms with Gasteiger partial charge in [-0.3, -0.25) is 0 Å².